The zero-order valence-electron chi connectivity index (χ0n) is 12.5. The van der Waals surface area contributed by atoms with E-state index in [-0.39, 0.29) is 11.7 Å². The maximum atomic E-state index is 12.0. The third-order valence-electron chi connectivity index (χ3n) is 3.98. The van der Waals surface area contributed by atoms with Crippen LogP contribution in [0.25, 0.3) is 0 Å². The standard InChI is InChI=1S/C19H18BrNO/c1-13-9-16(7-8-19(13)20)21-17-10-15(11-18(22)12-17)14-5-3-2-4-6-14/h2-9,12,15,21H,10-11H2,1H3. The molecular formula is C19H18BrNO. The van der Waals surface area contributed by atoms with Crippen LogP contribution < -0.4 is 5.32 Å². The van der Waals surface area contributed by atoms with E-state index in [0.29, 0.717) is 6.42 Å². The van der Waals surface area contributed by atoms with E-state index < -0.39 is 0 Å². The minimum atomic E-state index is 0.191. The van der Waals surface area contributed by atoms with Crippen molar-refractivity contribution in [3.63, 3.8) is 0 Å². The summed E-state index contributed by atoms with van der Waals surface area (Å²) >= 11 is 3.51. The van der Waals surface area contributed by atoms with Gasteiger partial charge in [-0.15, -0.1) is 0 Å². The molecule has 1 N–H and O–H groups in total. The van der Waals surface area contributed by atoms with Gasteiger partial charge in [-0.25, -0.2) is 0 Å². The van der Waals surface area contributed by atoms with Gasteiger partial charge in [0, 0.05) is 28.4 Å². The summed E-state index contributed by atoms with van der Waals surface area (Å²) in [5.74, 6) is 0.453. The van der Waals surface area contributed by atoms with E-state index in [4.69, 9.17) is 0 Å². The number of carbonyl (C=O) groups is 1. The van der Waals surface area contributed by atoms with Gasteiger partial charge in [-0.05, 0) is 48.6 Å². The van der Waals surface area contributed by atoms with Gasteiger partial charge >= 0.3 is 0 Å². The molecule has 1 atom stereocenters. The highest BCUT2D eigenvalue weighted by Gasteiger charge is 2.22. The smallest absolute Gasteiger partial charge is 0.158 e. The van der Waals surface area contributed by atoms with Crippen molar-refractivity contribution in [1.82, 2.24) is 0 Å². The molecule has 112 valence electrons. The molecule has 2 aromatic carbocycles. The lowest BCUT2D eigenvalue weighted by Gasteiger charge is -2.23. The Morgan fingerprint density at radius 2 is 1.86 bits per heavy atom. The monoisotopic (exact) mass is 355 g/mol. The van der Waals surface area contributed by atoms with Gasteiger partial charge in [-0.1, -0.05) is 46.3 Å². The first-order valence-corrected chi connectivity index (χ1v) is 8.22. The van der Waals surface area contributed by atoms with Crippen LogP contribution in [0, 0.1) is 6.92 Å². The molecule has 0 heterocycles. The fourth-order valence-electron chi connectivity index (χ4n) is 2.85. The highest BCUT2D eigenvalue weighted by atomic mass is 79.9. The Labute approximate surface area is 139 Å². The van der Waals surface area contributed by atoms with Crippen LogP contribution in [-0.4, -0.2) is 5.78 Å². The molecule has 2 aromatic rings. The first-order chi connectivity index (χ1) is 10.6. The van der Waals surface area contributed by atoms with Crippen molar-refractivity contribution in [3.05, 3.63) is 75.9 Å². The number of rotatable bonds is 3. The number of hydrogen-bond acceptors (Lipinski definition) is 2. The minimum absolute atomic E-state index is 0.191. The van der Waals surface area contributed by atoms with Crippen LogP contribution in [0.5, 0.6) is 0 Å². The van der Waals surface area contributed by atoms with Gasteiger partial charge < -0.3 is 5.32 Å². The van der Waals surface area contributed by atoms with Crippen molar-refractivity contribution >= 4 is 27.4 Å². The number of hydrogen-bond donors (Lipinski definition) is 1. The first kappa shape index (κ1) is 15.0. The molecule has 0 saturated heterocycles. The molecule has 2 nitrogen and oxygen atoms in total. The van der Waals surface area contributed by atoms with E-state index in [2.05, 4.69) is 46.4 Å². The molecular weight excluding hydrogens is 338 g/mol. The molecule has 0 fully saturated rings. The summed E-state index contributed by atoms with van der Waals surface area (Å²) in [7, 11) is 0. The predicted molar refractivity (Wildman–Crippen MR) is 94.0 cm³/mol. The fourth-order valence-corrected chi connectivity index (χ4v) is 3.10. The zero-order chi connectivity index (χ0) is 15.5. The van der Waals surface area contributed by atoms with Crippen LogP contribution in [-0.2, 0) is 4.79 Å². The van der Waals surface area contributed by atoms with E-state index in [9.17, 15) is 4.79 Å². The Morgan fingerprint density at radius 3 is 2.59 bits per heavy atom. The molecule has 1 aliphatic carbocycles. The van der Waals surface area contributed by atoms with Crippen LogP contribution in [0.4, 0.5) is 5.69 Å². The molecule has 0 aliphatic heterocycles. The summed E-state index contributed by atoms with van der Waals surface area (Å²) in [6.07, 6.45) is 3.20. The Morgan fingerprint density at radius 1 is 1.09 bits per heavy atom. The molecule has 0 saturated carbocycles. The fraction of sp³-hybridized carbons (Fsp3) is 0.211. The van der Waals surface area contributed by atoms with Crippen molar-refractivity contribution < 1.29 is 4.79 Å². The second kappa shape index (κ2) is 6.49. The third-order valence-corrected chi connectivity index (χ3v) is 4.87. The molecule has 0 bridgehead atoms. The van der Waals surface area contributed by atoms with Gasteiger partial charge in [-0.3, -0.25) is 4.79 Å². The quantitative estimate of drug-likeness (QED) is 0.819. The summed E-state index contributed by atoms with van der Waals surface area (Å²) in [5.41, 5.74) is 4.42. The minimum Gasteiger partial charge on any atom is -0.359 e. The molecule has 0 radical (unpaired) electrons. The van der Waals surface area contributed by atoms with Crippen molar-refractivity contribution in [2.45, 2.75) is 25.7 Å². The molecule has 1 unspecified atom stereocenters. The van der Waals surface area contributed by atoms with Crippen LogP contribution >= 0.6 is 15.9 Å². The highest BCUT2D eigenvalue weighted by molar-refractivity contribution is 9.10. The maximum Gasteiger partial charge on any atom is 0.158 e. The lowest BCUT2D eigenvalue weighted by Crippen LogP contribution is -2.16. The number of carbonyl (C=O) groups excluding carboxylic acids is 1. The van der Waals surface area contributed by atoms with Gasteiger partial charge in [0.25, 0.3) is 0 Å². The van der Waals surface area contributed by atoms with E-state index in [0.717, 1.165) is 22.3 Å². The number of benzene rings is 2. The van der Waals surface area contributed by atoms with Crippen LogP contribution in [0.15, 0.2) is 64.8 Å². The summed E-state index contributed by atoms with van der Waals surface area (Å²) in [5, 5.41) is 3.40. The van der Waals surface area contributed by atoms with Crippen molar-refractivity contribution in [3.8, 4) is 0 Å². The highest BCUT2D eigenvalue weighted by Crippen LogP contribution is 2.32. The van der Waals surface area contributed by atoms with E-state index in [1.165, 1.54) is 11.1 Å². The largest absolute Gasteiger partial charge is 0.359 e. The second-order valence-electron chi connectivity index (χ2n) is 5.74. The van der Waals surface area contributed by atoms with Crippen molar-refractivity contribution in [2.24, 2.45) is 0 Å². The van der Waals surface area contributed by atoms with Crippen LogP contribution in [0.2, 0.25) is 0 Å². The normalized spacial score (nSPS) is 18.0. The van der Waals surface area contributed by atoms with Gasteiger partial charge in [0.15, 0.2) is 5.78 Å². The van der Waals surface area contributed by atoms with Crippen molar-refractivity contribution in [2.75, 3.05) is 5.32 Å². The SMILES string of the molecule is Cc1cc(NC2=CC(=O)CC(c3ccccc3)C2)ccc1Br. The Balaban J connectivity index is 1.78. The molecule has 0 spiro atoms. The summed E-state index contributed by atoms with van der Waals surface area (Å²) in [4.78, 5) is 12.0. The molecule has 0 aromatic heterocycles. The van der Waals surface area contributed by atoms with Crippen LogP contribution in [0.3, 0.4) is 0 Å². The zero-order valence-corrected chi connectivity index (χ0v) is 14.1. The first-order valence-electron chi connectivity index (χ1n) is 7.43. The Hall–Kier alpha value is -1.87. The maximum absolute atomic E-state index is 12.0. The third kappa shape index (κ3) is 3.47. The number of anilines is 1. The van der Waals surface area contributed by atoms with Gasteiger partial charge in [0.1, 0.15) is 0 Å². The average molecular weight is 356 g/mol. The van der Waals surface area contributed by atoms with E-state index >= 15 is 0 Å². The van der Waals surface area contributed by atoms with E-state index in [1.807, 2.05) is 30.3 Å². The molecule has 22 heavy (non-hydrogen) atoms. The summed E-state index contributed by atoms with van der Waals surface area (Å²) < 4.78 is 1.09. The molecule has 3 rings (SSSR count). The molecule has 0 amide bonds. The van der Waals surface area contributed by atoms with Crippen molar-refractivity contribution in [1.29, 1.82) is 0 Å². The second-order valence-corrected chi connectivity index (χ2v) is 6.60. The average Bonchev–Trinajstić information content (AvgIpc) is 2.51. The number of halogens is 1. The number of ketones is 1. The lowest BCUT2D eigenvalue weighted by molar-refractivity contribution is -0.115. The molecule has 3 heteroatoms. The number of nitrogens with one attached hydrogen (secondary N) is 1. The Bertz CT molecular complexity index is 721. The van der Waals surface area contributed by atoms with Crippen LogP contribution in [0.1, 0.15) is 29.9 Å². The lowest BCUT2D eigenvalue weighted by atomic mass is 9.85. The van der Waals surface area contributed by atoms with Gasteiger partial charge in [0.2, 0.25) is 0 Å². The Kier molecular flexibility index (Phi) is 4.44. The number of allylic oxidation sites excluding steroid dienone is 2. The topological polar surface area (TPSA) is 29.1 Å². The molecule has 1 aliphatic rings. The predicted octanol–water partition coefficient (Wildman–Crippen LogP) is 5.20. The van der Waals surface area contributed by atoms with E-state index in [1.54, 1.807) is 6.08 Å². The van der Waals surface area contributed by atoms with Gasteiger partial charge in [0.05, 0.1) is 0 Å². The number of aryl methyl sites for hydroxylation is 1. The summed E-state index contributed by atoms with van der Waals surface area (Å²) in [6.45, 7) is 2.06. The summed E-state index contributed by atoms with van der Waals surface area (Å²) in [6, 6.07) is 16.4. The van der Waals surface area contributed by atoms with Gasteiger partial charge in [-0.2, -0.15) is 0 Å².